The summed E-state index contributed by atoms with van der Waals surface area (Å²) in [4.78, 5) is 24.6. The molecule has 1 rings (SSSR count). The van der Waals surface area contributed by atoms with E-state index in [0.29, 0.717) is 13.0 Å². The zero-order chi connectivity index (χ0) is 12.5. The monoisotopic (exact) mass is 291 g/mol. The Hall–Kier alpha value is -0.580. The van der Waals surface area contributed by atoms with Crippen LogP contribution in [0.3, 0.4) is 0 Å². The summed E-state index contributed by atoms with van der Waals surface area (Å²) in [6.45, 7) is 6.08. The summed E-state index contributed by atoms with van der Waals surface area (Å²) >= 11 is 3.34. The maximum absolute atomic E-state index is 11.8. The standard InChI is InChI=1S/C11H18BrNO3/c1-11(2,3)9(10(15)16)13-6-7(5-12)4-8(13)14/h7,9H,4-6H2,1-3H3,(H,15,16)/t7?,9-/m1/s1. The van der Waals surface area contributed by atoms with Crippen molar-refractivity contribution in [3.05, 3.63) is 0 Å². The molecule has 16 heavy (non-hydrogen) atoms. The maximum Gasteiger partial charge on any atom is 0.326 e. The van der Waals surface area contributed by atoms with Crippen LogP contribution in [0.2, 0.25) is 0 Å². The molecule has 2 atom stereocenters. The first-order valence-electron chi connectivity index (χ1n) is 5.35. The second-order valence-electron chi connectivity index (χ2n) is 5.38. The molecule has 1 heterocycles. The third-order valence-corrected chi connectivity index (χ3v) is 3.74. The third kappa shape index (κ3) is 2.75. The summed E-state index contributed by atoms with van der Waals surface area (Å²) in [7, 11) is 0. The Morgan fingerprint density at radius 1 is 1.62 bits per heavy atom. The molecule has 0 aromatic carbocycles. The van der Waals surface area contributed by atoms with Crippen LogP contribution in [0.15, 0.2) is 0 Å². The van der Waals surface area contributed by atoms with E-state index in [1.54, 1.807) is 0 Å². The van der Waals surface area contributed by atoms with Crippen LogP contribution in [0, 0.1) is 11.3 Å². The van der Waals surface area contributed by atoms with Crippen LogP contribution in [-0.4, -0.2) is 39.8 Å². The van der Waals surface area contributed by atoms with Crippen molar-refractivity contribution in [2.75, 3.05) is 11.9 Å². The summed E-state index contributed by atoms with van der Waals surface area (Å²) in [5, 5.41) is 9.98. The number of carbonyl (C=O) groups excluding carboxylic acids is 1. The van der Waals surface area contributed by atoms with Gasteiger partial charge in [-0.25, -0.2) is 4.79 Å². The Kier molecular flexibility index (Phi) is 3.99. The van der Waals surface area contributed by atoms with Gasteiger partial charge in [0.1, 0.15) is 6.04 Å². The summed E-state index contributed by atoms with van der Waals surface area (Å²) in [5.74, 6) is -0.737. The minimum Gasteiger partial charge on any atom is -0.480 e. The van der Waals surface area contributed by atoms with Crippen molar-refractivity contribution in [3.8, 4) is 0 Å². The van der Waals surface area contributed by atoms with Gasteiger partial charge in [0.2, 0.25) is 5.91 Å². The number of aliphatic carboxylic acids is 1. The molecule has 0 aromatic heterocycles. The molecule has 0 saturated carbocycles. The Labute approximate surface area is 104 Å². The molecule has 1 unspecified atom stereocenters. The van der Waals surface area contributed by atoms with Gasteiger partial charge in [0.05, 0.1) is 0 Å². The molecule has 0 aromatic rings. The molecular formula is C11H18BrNO3. The number of hydrogen-bond donors (Lipinski definition) is 1. The van der Waals surface area contributed by atoms with Gasteiger partial charge >= 0.3 is 5.97 Å². The first-order chi connectivity index (χ1) is 7.27. The number of likely N-dealkylation sites (tertiary alicyclic amines) is 1. The van der Waals surface area contributed by atoms with Gasteiger partial charge in [0, 0.05) is 18.3 Å². The lowest BCUT2D eigenvalue weighted by Crippen LogP contribution is -2.50. The Morgan fingerprint density at radius 3 is 2.50 bits per heavy atom. The summed E-state index contributed by atoms with van der Waals surface area (Å²) in [5.41, 5.74) is -0.442. The average Bonchev–Trinajstić information content (AvgIpc) is 2.44. The summed E-state index contributed by atoms with van der Waals surface area (Å²) < 4.78 is 0. The number of amides is 1. The summed E-state index contributed by atoms with van der Waals surface area (Å²) in [6, 6.07) is -0.732. The lowest BCUT2D eigenvalue weighted by atomic mass is 9.86. The molecule has 0 spiro atoms. The van der Waals surface area contributed by atoms with Gasteiger partial charge in [0.15, 0.2) is 0 Å². The van der Waals surface area contributed by atoms with Gasteiger partial charge in [0.25, 0.3) is 0 Å². The smallest absolute Gasteiger partial charge is 0.326 e. The van der Waals surface area contributed by atoms with Crippen molar-refractivity contribution in [1.29, 1.82) is 0 Å². The minimum absolute atomic E-state index is 0.0493. The fourth-order valence-electron chi connectivity index (χ4n) is 2.13. The number of carboxylic acid groups (broad SMARTS) is 1. The van der Waals surface area contributed by atoms with Gasteiger partial charge in [-0.1, -0.05) is 36.7 Å². The SMILES string of the molecule is CC(C)(C)[C@@H](C(=O)O)N1CC(CBr)CC1=O. The molecule has 1 aliphatic rings. The lowest BCUT2D eigenvalue weighted by molar-refractivity contribution is -0.153. The van der Waals surface area contributed by atoms with E-state index in [1.165, 1.54) is 4.90 Å². The molecule has 0 radical (unpaired) electrons. The topological polar surface area (TPSA) is 57.6 Å². The number of carboxylic acids is 1. The van der Waals surface area contributed by atoms with Crippen LogP contribution in [0.4, 0.5) is 0 Å². The van der Waals surface area contributed by atoms with Crippen molar-refractivity contribution in [2.24, 2.45) is 11.3 Å². The molecule has 1 saturated heterocycles. The summed E-state index contributed by atoms with van der Waals surface area (Å²) in [6.07, 6.45) is 0.450. The van der Waals surface area contributed by atoms with Crippen molar-refractivity contribution < 1.29 is 14.7 Å². The normalized spacial score (nSPS) is 23.6. The first kappa shape index (κ1) is 13.5. The molecule has 1 fully saturated rings. The fourth-order valence-corrected chi connectivity index (χ4v) is 2.57. The second kappa shape index (κ2) is 4.73. The van der Waals surface area contributed by atoms with Gasteiger partial charge in [-0.2, -0.15) is 0 Å². The highest BCUT2D eigenvalue weighted by Crippen LogP contribution is 2.30. The van der Waals surface area contributed by atoms with Crippen molar-refractivity contribution in [2.45, 2.75) is 33.2 Å². The predicted octanol–water partition coefficient (Wildman–Crippen LogP) is 1.73. The Morgan fingerprint density at radius 2 is 2.19 bits per heavy atom. The predicted molar refractivity (Wildman–Crippen MR) is 64.5 cm³/mol. The van der Waals surface area contributed by atoms with E-state index in [2.05, 4.69) is 15.9 Å². The number of hydrogen-bond acceptors (Lipinski definition) is 2. The number of rotatable bonds is 3. The van der Waals surface area contributed by atoms with E-state index in [-0.39, 0.29) is 11.8 Å². The Bertz CT molecular complexity index is 298. The van der Waals surface area contributed by atoms with Gasteiger partial charge in [-0.3, -0.25) is 4.79 Å². The highest BCUT2D eigenvalue weighted by atomic mass is 79.9. The van der Waals surface area contributed by atoms with Crippen LogP contribution >= 0.6 is 15.9 Å². The molecule has 4 nitrogen and oxygen atoms in total. The number of carbonyl (C=O) groups is 2. The molecule has 0 bridgehead atoms. The average molecular weight is 292 g/mol. The third-order valence-electron chi connectivity index (χ3n) is 2.82. The van der Waals surface area contributed by atoms with E-state index in [0.717, 1.165) is 5.33 Å². The number of halogens is 1. The molecule has 1 N–H and O–H groups in total. The highest BCUT2D eigenvalue weighted by molar-refractivity contribution is 9.09. The van der Waals surface area contributed by atoms with Crippen molar-refractivity contribution in [3.63, 3.8) is 0 Å². The quantitative estimate of drug-likeness (QED) is 0.806. The molecule has 1 aliphatic heterocycles. The van der Waals surface area contributed by atoms with Gasteiger partial charge in [-0.05, 0) is 11.3 Å². The zero-order valence-electron chi connectivity index (χ0n) is 9.86. The van der Waals surface area contributed by atoms with E-state index in [4.69, 9.17) is 0 Å². The van der Waals surface area contributed by atoms with Crippen LogP contribution in [0.5, 0.6) is 0 Å². The maximum atomic E-state index is 11.8. The largest absolute Gasteiger partial charge is 0.480 e. The van der Waals surface area contributed by atoms with E-state index >= 15 is 0 Å². The van der Waals surface area contributed by atoms with Crippen LogP contribution in [-0.2, 0) is 9.59 Å². The zero-order valence-corrected chi connectivity index (χ0v) is 11.5. The fraction of sp³-hybridized carbons (Fsp3) is 0.818. The van der Waals surface area contributed by atoms with Crippen molar-refractivity contribution >= 4 is 27.8 Å². The molecular weight excluding hydrogens is 274 g/mol. The number of nitrogens with zero attached hydrogens (tertiary/aromatic N) is 1. The van der Waals surface area contributed by atoms with Crippen LogP contribution < -0.4 is 0 Å². The minimum atomic E-state index is -0.920. The molecule has 92 valence electrons. The molecule has 5 heteroatoms. The van der Waals surface area contributed by atoms with Crippen molar-refractivity contribution in [1.82, 2.24) is 4.90 Å². The highest BCUT2D eigenvalue weighted by Gasteiger charge is 2.43. The van der Waals surface area contributed by atoms with E-state index < -0.39 is 17.4 Å². The van der Waals surface area contributed by atoms with Gasteiger partial charge < -0.3 is 10.0 Å². The second-order valence-corrected chi connectivity index (χ2v) is 6.02. The van der Waals surface area contributed by atoms with Crippen LogP contribution in [0.25, 0.3) is 0 Å². The first-order valence-corrected chi connectivity index (χ1v) is 6.47. The van der Waals surface area contributed by atoms with Crippen LogP contribution in [0.1, 0.15) is 27.2 Å². The Balaban J connectivity index is 2.89. The molecule has 0 aliphatic carbocycles. The van der Waals surface area contributed by atoms with E-state index in [1.807, 2.05) is 20.8 Å². The lowest BCUT2D eigenvalue weighted by Gasteiger charge is -2.34. The number of alkyl halides is 1. The van der Waals surface area contributed by atoms with E-state index in [9.17, 15) is 14.7 Å². The van der Waals surface area contributed by atoms with Gasteiger partial charge in [-0.15, -0.1) is 0 Å². The molecule has 1 amide bonds.